The van der Waals surface area contributed by atoms with E-state index in [0.717, 1.165) is 6.92 Å². The van der Waals surface area contributed by atoms with Crippen LogP contribution in [0.25, 0.3) is 11.5 Å². The number of ketones is 1. The van der Waals surface area contributed by atoms with Crippen LogP contribution in [0.2, 0.25) is 0 Å². The molecule has 2 aromatic rings. The van der Waals surface area contributed by atoms with Crippen molar-refractivity contribution in [1.29, 1.82) is 0 Å². The zero-order valence-electron chi connectivity index (χ0n) is 41.2. The Labute approximate surface area is 393 Å². The van der Waals surface area contributed by atoms with Crippen LogP contribution in [0.5, 0.6) is 0 Å². The first kappa shape index (κ1) is 54.9. The number of hydrogen-bond donors (Lipinski definition) is 3. The Kier molecular flexibility index (Phi) is 18.9. The summed E-state index contributed by atoms with van der Waals surface area (Å²) in [5, 5.41) is 29.4. The fourth-order valence-corrected chi connectivity index (χ4v) is 9.05. The van der Waals surface area contributed by atoms with Crippen molar-refractivity contribution in [3.8, 4) is 11.5 Å². The topological polar surface area (TPSA) is 244 Å². The zero-order chi connectivity index (χ0) is 50.2. The number of Topliss-reactive ketones (excluding diaryl/α,β-unsaturated/α-hetero) is 1. The smallest absolute Gasteiger partial charge is 0.351 e. The molecule has 1 aromatic heterocycles. The second kappa shape index (κ2) is 23.1. The minimum absolute atomic E-state index is 0.0149. The molecule has 0 aliphatic carbocycles. The average Bonchev–Trinajstić information content (AvgIpc) is 3.73. The zero-order valence-corrected chi connectivity index (χ0v) is 41.2. The minimum atomic E-state index is -3.32. The molecule has 19 heteroatoms. The maximum absolute atomic E-state index is 17.0. The standard InChI is InChI=1S/C48H72FN5O13/c1-14-33(53-63-25-34-24-62-43(51-34)31-18-17-19-32(50)21-31)23-61-42-28(6)38(52-37(56)16-3)26(4)22-46(9,59)41(67-44-39(65-30(8)55)35(54(12)13)20-27(5)64-44)29(7)40(57)47(10,49)45(58)66-36(15-2)48(42,11)60/h17-19,21,24,26-29,35-36,39,41-42,44,59-60H,14-16,20,22-23,25,50H2,1-13H3/t26-,27-,28+,29+,35+,36-,39-,41-,42-,44+,46-,47+,48-/m1/s1. The first-order valence-corrected chi connectivity index (χ1v) is 23.0. The molecule has 0 bridgehead atoms. The second-order valence-corrected chi connectivity index (χ2v) is 18.7. The molecule has 2 aliphatic heterocycles. The summed E-state index contributed by atoms with van der Waals surface area (Å²) in [6.45, 7) is 16.0. The number of oxime groups is 1. The number of cyclic esters (lactones) is 1. The van der Waals surface area contributed by atoms with Crippen molar-refractivity contribution in [2.24, 2.45) is 27.9 Å². The lowest BCUT2D eigenvalue weighted by atomic mass is 9.73. The molecule has 18 nitrogen and oxygen atoms in total. The van der Waals surface area contributed by atoms with Crippen molar-refractivity contribution in [3.63, 3.8) is 0 Å². The number of nitrogens with zero attached hydrogens (tertiary/aromatic N) is 4. The Balaban J connectivity index is 1.77. The van der Waals surface area contributed by atoms with Crippen molar-refractivity contribution in [1.82, 2.24) is 9.88 Å². The highest BCUT2D eigenvalue weighted by atomic mass is 19.1. The van der Waals surface area contributed by atoms with Crippen LogP contribution in [-0.2, 0) is 54.3 Å². The highest BCUT2D eigenvalue weighted by Crippen LogP contribution is 2.39. The number of esters is 2. The molecular weight excluding hydrogens is 874 g/mol. The fraction of sp³-hybridized carbons (Fsp3) is 0.688. The predicted octanol–water partition coefficient (Wildman–Crippen LogP) is 5.78. The van der Waals surface area contributed by atoms with E-state index in [0.29, 0.717) is 41.4 Å². The van der Waals surface area contributed by atoms with Gasteiger partial charge in [-0.3, -0.25) is 14.4 Å². The molecule has 0 unspecified atom stereocenters. The summed E-state index contributed by atoms with van der Waals surface area (Å²) in [4.78, 5) is 70.5. The number of nitrogen functional groups attached to an aromatic ring is 1. The Morgan fingerprint density at radius 2 is 1.72 bits per heavy atom. The van der Waals surface area contributed by atoms with Crippen molar-refractivity contribution in [2.45, 2.75) is 175 Å². The van der Waals surface area contributed by atoms with Gasteiger partial charge in [-0.2, -0.15) is 0 Å². The number of anilines is 1. The number of benzene rings is 1. The predicted molar refractivity (Wildman–Crippen MR) is 246 cm³/mol. The van der Waals surface area contributed by atoms with E-state index in [9.17, 15) is 29.4 Å². The lowest BCUT2D eigenvalue weighted by Crippen LogP contribution is -2.61. The molecule has 4 rings (SSSR count). The van der Waals surface area contributed by atoms with Gasteiger partial charge in [0.15, 0.2) is 24.8 Å². The molecule has 4 N–H and O–H groups in total. The monoisotopic (exact) mass is 946 g/mol. The maximum atomic E-state index is 17.0. The summed E-state index contributed by atoms with van der Waals surface area (Å²) < 4.78 is 53.3. The van der Waals surface area contributed by atoms with E-state index in [4.69, 9.17) is 38.7 Å². The highest BCUT2D eigenvalue weighted by Gasteiger charge is 2.56. The summed E-state index contributed by atoms with van der Waals surface area (Å²) in [6, 6.07) is 6.63. The van der Waals surface area contributed by atoms with E-state index in [2.05, 4.69) is 15.1 Å². The first-order chi connectivity index (χ1) is 31.3. The third-order valence-electron chi connectivity index (χ3n) is 12.6. The molecule has 2 saturated heterocycles. The molecular formula is C48H72FN5O13. The van der Waals surface area contributed by atoms with E-state index in [-0.39, 0.29) is 38.2 Å². The van der Waals surface area contributed by atoms with Crippen LogP contribution >= 0.6 is 0 Å². The van der Waals surface area contributed by atoms with Gasteiger partial charge in [-0.05, 0) is 91.6 Å². The van der Waals surface area contributed by atoms with Crippen molar-refractivity contribution >= 4 is 40.7 Å². The first-order valence-electron chi connectivity index (χ1n) is 23.0. The summed E-state index contributed by atoms with van der Waals surface area (Å²) in [7, 11) is 3.59. The normalized spacial score (nSPS) is 34.4. The van der Waals surface area contributed by atoms with Gasteiger partial charge in [0.1, 0.15) is 23.7 Å². The van der Waals surface area contributed by atoms with E-state index < -0.39 is 101 Å². The van der Waals surface area contributed by atoms with E-state index in [1.54, 1.807) is 73.0 Å². The van der Waals surface area contributed by atoms with Gasteiger partial charge in [0.25, 0.3) is 5.67 Å². The van der Waals surface area contributed by atoms with Crippen LogP contribution in [0.1, 0.15) is 114 Å². The molecule has 1 aromatic carbocycles. The maximum Gasteiger partial charge on any atom is 0.351 e. The lowest BCUT2D eigenvalue weighted by molar-refractivity contribution is -0.295. The van der Waals surface area contributed by atoms with Gasteiger partial charge in [0.05, 0.1) is 42.3 Å². The number of amides is 1. The molecule has 67 heavy (non-hydrogen) atoms. The van der Waals surface area contributed by atoms with Crippen molar-refractivity contribution in [2.75, 3.05) is 26.4 Å². The van der Waals surface area contributed by atoms with Crippen molar-refractivity contribution in [3.05, 3.63) is 36.2 Å². The molecule has 2 fully saturated rings. The van der Waals surface area contributed by atoms with Gasteiger partial charge in [-0.15, -0.1) is 0 Å². The minimum Gasteiger partial charge on any atom is -0.457 e. The molecule has 13 atom stereocenters. The van der Waals surface area contributed by atoms with E-state index in [1.807, 2.05) is 11.8 Å². The molecule has 0 saturated carbocycles. The highest BCUT2D eigenvalue weighted by molar-refractivity contribution is 6.08. The molecule has 0 radical (unpaired) electrons. The van der Waals surface area contributed by atoms with E-state index >= 15 is 4.39 Å². The van der Waals surface area contributed by atoms with Crippen LogP contribution < -0.4 is 5.73 Å². The third kappa shape index (κ3) is 13.5. The van der Waals surface area contributed by atoms with Gasteiger partial charge in [-0.1, -0.05) is 52.8 Å². The number of carbonyl (C=O) groups is 4. The number of aromatic nitrogens is 1. The number of aliphatic imine (C=N–C) groups is 1. The summed E-state index contributed by atoms with van der Waals surface area (Å²) in [6.07, 6.45) is -5.35. The Morgan fingerprint density at radius 3 is 2.31 bits per heavy atom. The Bertz CT molecular complexity index is 2090. The number of alkyl halides is 1. The van der Waals surface area contributed by atoms with Crippen LogP contribution in [0, 0.1) is 17.8 Å². The third-order valence-corrected chi connectivity index (χ3v) is 12.6. The molecule has 374 valence electrons. The van der Waals surface area contributed by atoms with Crippen LogP contribution in [-0.4, -0.2) is 136 Å². The number of ether oxygens (including phenoxy) is 5. The van der Waals surface area contributed by atoms with Crippen LogP contribution in [0.15, 0.2) is 45.1 Å². The summed E-state index contributed by atoms with van der Waals surface area (Å²) in [5.74, 6) is -6.98. The van der Waals surface area contributed by atoms with Crippen LogP contribution in [0.4, 0.5) is 10.1 Å². The lowest BCUT2D eigenvalue weighted by Gasteiger charge is -2.47. The number of halogens is 1. The Morgan fingerprint density at radius 1 is 1.03 bits per heavy atom. The molecule has 2 aliphatic rings. The fourth-order valence-electron chi connectivity index (χ4n) is 9.05. The number of carbonyl (C=O) groups excluding carboxylic acids is 4. The van der Waals surface area contributed by atoms with Gasteiger partial charge in [-0.25, -0.2) is 19.2 Å². The van der Waals surface area contributed by atoms with Crippen LogP contribution in [0.3, 0.4) is 0 Å². The SMILES string of the molecule is CCC(=O)N=C1[C@H](C)C[C@@](C)(O)[C@H](O[C@@H]2O[C@H](C)C[C@H](N(C)C)[C@H]2OC(C)=O)[C@@H](C)C(=O)[C@](C)(F)C(=O)O[C@H](CC)[C@@](C)(O)[C@H](OCC(CC)=NOCc2coc(-c3cccc(N)c3)n2)[C@H]1C. The van der Waals surface area contributed by atoms with Gasteiger partial charge in [0, 0.05) is 42.1 Å². The van der Waals surface area contributed by atoms with Gasteiger partial charge < -0.3 is 53.8 Å². The summed E-state index contributed by atoms with van der Waals surface area (Å²) in [5.41, 5.74) is 0.692. The van der Waals surface area contributed by atoms with E-state index in [1.165, 1.54) is 34.0 Å². The quantitative estimate of drug-likeness (QED) is 0.0668. The number of nitrogens with two attached hydrogens (primary N) is 1. The summed E-state index contributed by atoms with van der Waals surface area (Å²) >= 11 is 0. The Hall–Kier alpha value is -4.66. The number of hydrogen-bond acceptors (Lipinski definition) is 17. The molecule has 0 spiro atoms. The number of rotatable bonds is 14. The largest absolute Gasteiger partial charge is 0.457 e. The van der Waals surface area contributed by atoms with Crippen molar-refractivity contribution < 1.29 is 66.7 Å². The molecule has 3 heterocycles. The second-order valence-electron chi connectivity index (χ2n) is 18.7. The van der Waals surface area contributed by atoms with Gasteiger partial charge >= 0.3 is 11.9 Å². The number of aliphatic hydroxyl groups is 2. The number of oxazole rings is 1. The molecule has 1 amide bonds. The number of likely N-dealkylation sites (N-methyl/N-ethyl adjacent to an activating group) is 1. The average molecular weight is 946 g/mol. The van der Waals surface area contributed by atoms with Gasteiger partial charge in [0.2, 0.25) is 11.8 Å².